The summed E-state index contributed by atoms with van der Waals surface area (Å²) in [6.07, 6.45) is -0.681. The van der Waals surface area contributed by atoms with Crippen LogP contribution in [0, 0.1) is 3.57 Å². The molecule has 122 valence electrons. The number of ketones is 1. The van der Waals surface area contributed by atoms with Gasteiger partial charge in [-0.2, -0.15) is 0 Å². The van der Waals surface area contributed by atoms with Crippen LogP contribution in [0.15, 0.2) is 60.2 Å². The van der Waals surface area contributed by atoms with Gasteiger partial charge < -0.3 is 4.74 Å². The van der Waals surface area contributed by atoms with E-state index in [0.717, 1.165) is 3.57 Å². The summed E-state index contributed by atoms with van der Waals surface area (Å²) in [4.78, 5) is 27.2. The largest absolute Gasteiger partial charge is 0.438 e. The molecule has 0 aromatic heterocycles. The summed E-state index contributed by atoms with van der Waals surface area (Å²) in [6.45, 7) is 0. The van der Waals surface area contributed by atoms with Gasteiger partial charge in [0.25, 0.3) is 0 Å². The van der Waals surface area contributed by atoms with Crippen molar-refractivity contribution in [3.63, 3.8) is 0 Å². The first-order valence-electron chi connectivity index (χ1n) is 7.46. The van der Waals surface area contributed by atoms with E-state index in [1.54, 1.807) is 43.3 Å². The zero-order valence-corrected chi connectivity index (χ0v) is 15.5. The van der Waals surface area contributed by atoms with E-state index in [9.17, 15) is 9.59 Å². The van der Waals surface area contributed by atoms with Gasteiger partial charge >= 0.3 is 5.97 Å². The zero-order chi connectivity index (χ0) is 17.3. The highest BCUT2D eigenvalue weighted by Gasteiger charge is 2.40. The van der Waals surface area contributed by atoms with Gasteiger partial charge in [-0.05, 0) is 54.4 Å². The van der Waals surface area contributed by atoms with Gasteiger partial charge in [0.15, 0.2) is 12.0 Å². The Labute approximate surface area is 154 Å². The third kappa shape index (κ3) is 3.14. The van der Waals surface area contributed by atoms with Crippen LogP contribution >= 0.6 is 22.6 Å². The van der Waals surface area contributed by atoms with E-state index in [4.69, 9.17) is 4.74 Å². The Balaban J connectivity index is 2.17. The normalized spacial score (nSPS) is 17.3. The summed E-state index contributed by atoms with van der Waals surface area (Å²) in [6, 6.07) is 16.5. The van der Waals surface area contributed by atoms with Crippen molar-refractivity contribution in [1.82, 2.24) is 4.90 Å². The fourth-order valence-corrected chi connectivity index (χ4v) is 3.04. The molecule has 1 atom stereocenters. The minimum atomic E-state index is -0.681. The first-order chi connectivity index (χ1) is 11.5. The van der Waals surface area contributed by atoms with Crippen molar-refractivity contribution in [2.45, 2.75) is 6.23 Å². The number of halogens is 1. The second-order valence-corrected chi connectivity index (χ2v) is 6.96. The number of ether oxygens (including phenoxy) is 1. The van der Waals surface area contributed by atoms with Crippen LogP contribution in [0.5, 0.6) is 0 Å². The molecule has 24 heavy (non-hydrogen) atoms. The number of hydrogen-bond donors (Lipinski definition) is 0. The number of hydrogen-bond acceptors (Lipinski definition) is 4. The van der Waals surface area contributed by atoms with Crippen molar-refractivity contribution < 1.29 is 14.3 Å². The van der Waals surface area contributed by atoms with Gasteiger partial charge in [-0.1, -0.05) is 42.5 Å². The summed E-state index contributed by atoms with van der Waals surface area (Å²) in [7, 11) is 3.57. The second-order valence-electron chi connectivity index (χ2n) is 5.71. The molecule has 0 N–H and O–H groups in total. The van der Waals surface area contributed by atoms with E-state index in [0.29, 0.717) is 22.3 Å². The lowest BCUT2D eigenvalue weighted by atomic mass is 9.94. The third-order valence-corrected chi connectivity index (χ3v) is 4.54. The molecule has 0 saturated heterocycles. The number of carbonyl (C=O) groups is 2. The first kappa shape index (κ1) is 16.9. The number of likely N-dealkylation sites (N-methyl/N-ethyl adjacent to an activating group) is 1. The van der Waals surface area contributed by atoms with Crippen LogP contribution in [0.25, 0.3) is 5.57 Å². The van der Waals surface area contributed by atoms with Gasteiger partial charge in [-0.25, -0.2) is 4.79 Å². The average Bonchev–Trinajstić information content (AvgIpc) is 2.93. The van der Waals surface area contributed by atoms with Crippen LogP contribution in [0.2, 0.25) is 0 Å². The summed E-state index contributed by atoms with van der Waals surface area (Å²) >= 11 is 2.20. The molecule has 0 radical (unpaired) electrons. The number of Topliss-reactive ketones (excluding diaryl/α,β-unsaturated/α-hetero) is 1. The van der Waals surface area contributed by atoms with Crippen molar-refractivity contribution in [2.75, 3.05) is 14.1 Å². The van der Waals surface area contributed by atoms with Crippen LogP contribution in [0.3, 0.4) is 0 Å². The molecule has 2 aromatic rings. The molecule has 3 rings (SSSR count). The van der Waals surface area contributed by atoms with E-state index >= 15 is 0 Å². The zero-order valence-electron chi connectivity index (χ0n) is 13.3. The van der Waals surface area contributed by atoms with Crippen molar-refractivity contribution >= 4 is 39.9 Å². The number of cyclic esters (lactones) is 1. The molecule has 0 amide bonds. The fourth-order valence-electron chi connectivity index (χ4n) is 2.68. The van der Waals surface area contributed by atoms with Crippen molar-refractivity contribution in [2.24, 2.45) is 0 Å². The smallest absolute Gasteiger partial charge is 0.341 e. The Morgan fingerprint density at radius 1 is 1.04 bits per heavy atom. The Bertz CT molecular complexity index is 810. The number of carbonyl (C=O) groups excluding carboxylic acids is 2. The summed E-state index contributed by atoms with van der Waals surface area (Å²) in [5.41, 5.74) is 1.97. The lowest BCUT2D eigenvalue weighted by molar-refractivity contribution is -0.143. The third-order valence-electron chi connectivity index (χ3n) is 3.82. The van der Waals surface area contributed by atoms with Crippen LogP contribution in [-0.4, -0.2) is 37.0 Å². The van der Waals surface area contributed by atoms with Gasteiger partial charge in [0, 0.05) is 9.13 Å². The van der Waals surface area contributed by atoms with Crippen LogP contribution in [0.1, 0.15) is 15.9 Å². The molecule has 0 saturated carbocycles. The maximum Gasteiger partial charge on any atom is 0.341 e. The predicted molar refractivity (Wildman–Crippen MR) is 100 cm³/mol. The van der Waals surface area contributed by atoms with E-state index in [1.165, 1.54) is 0 Å². The maximum absolute atomic E-state index is 13.0. The molecule has 5 heteroatoms. The van der Waals surface area contributed by atoms with E-state index in [-0.39, 0.29) is 5.78 Å². The topological polar surface area (TPSA) is 46.6 Å². The monoisotopic (exact) mass is 433 g/mol. The van der Waals surface area contributed by atoms with E-state index in [1.807, 2.05) is 30.3 Å². The summed E-state index contributed by atoms with van der Waals surface area (Å²) in [5, 5.41) is 0. The van der Waals surface area contributed by atoms with Crippen LogP contribution in [-0.2, 0) is 9.53 Å². The molecule has 1 aliphatic heterocycles. The summed E-state index contributed by atoms with van der Waals surface area (Å²) in [5.74, 6) is -0.650. The van der Waals surface area contributed by atoms with Gasteiger partial charge in [-0.3, -0.25) is 9.69 Å². The number of esters is 1. The highest BCUT2D eigenvalue weighted by atomic mass is 127. The number of nitrogens with zero attached hydrogens (tertiary/aromatic N) is 1. The standard InChI is InChI=1S/C19H16INO3/c1-21(2)18-16(17(22)13-6-4-3-5-7-13)15(19(23)24-18)12-8-10-14(20)11-9-12/h3-11,18H,1-2H3. The highest BCUT2D eigenvalue weighted by molar-refractivity contribution is 14.1. The Morgan fingerprint density at radius 2 is 1.67 bits per heavy atom. The lowest BCUT2D eigenvalue weighted by Gasteiger charge is -2.20. The minimum absolute atomic E-state index is 0.186. The first-order valence-corrected chi connectivity index (χ1v) is 8.54. The average molecular weight is 433 g/mol. The Kier molecular flexibility index (Phi) is 4.82. The fraction of sp³-hybridized carbons (Fsp3) is 0.158. The maximum atomic E-state index is 13.0. The SMILES string of the molecule is CN(C)C1OC(=O)C(c2ccc(I)cc2)=C1C(=O)c1ccccc1. The van der Waals surface area contributed by atoms with Gasteiger partial charge in [0.2, 0.25) is 0 Å². The molecular formula is C19H16INO3. The molecule has 1 heterocycles. The molecule has 0 bridgehead atoms. The number of benzene rings is 2. The molecule has 4 nitrogen and oxygen atoms in total. The van der Waals surface area contributed by atoms with Crippen molar-refractivity contribution in [1.29, 1.82) is 0 Å². The molecule has 0 aliphatic carbocycles. The predicted octanol–water partition coefficient (Wildman–Crippen LogP) is 3.37. The van der Waals surface area contributed by atoms with Gasteiger partial charge in [0.1, 0.15) is 0 Å². The van der Waals surface area contributed by atoms with E-state index < -0.39 is 12.2 Å². The molecule has 1 unspecified atom stereocenters. The molecule has 1 aliphatic rings. The number of rotatable bonds is 4. The molecule has 0 fully saturated rings. The van der Waals surface area contributed by atoms with Crippen LogP contribution in [0.4, 0.5) is 0 Å². The molecule has 0 spiro atoms. The highest BCUT2D eigenvalue weighted by Crippen LogP contribution is 2.34. The summed E-state index contributed by atoms with van der Waals surface area (Å²) < 4.78 is 6.52. The van der Waals surface area contributed by atoms with Gasteiger partial charge in [0.05, 0.1) is 11.1 Å². The molecular weight excluding hydrogens is 417 g/mol. The van der Waals surface area contributed by atoms with Crippen LogP contribution < -0.4 is 0 Å². The second kappa shape index (κ2) is 6.86. The lowest BCUT2D eigenvalue weighted by Crippen LogP contribution is -2.32. The molecule has 2 aromatic carbocycles. The van der Waals surface area contributed by atoms with Crippen molar-refractivity contribution in [3.8, 4) is 0 Å². The Hall–Kier alpha value is -1.99. The minimum Gasteiger partial charge on any atom is -0.438 e. The van der Waals surface area contributed by atoms with E-state index in [2.05, 4.69) is 22.6 Å². The Morgan fingerprint density at radius 3 is 2.25 bits per heavy atom. The quantitative estimate of drug-likeness (QED) is 0.422. The van der Waals surface area contributed by atoms with Crippen molar-refractivity contribution in [3.05, 3.63) is 74.9 Å². The van der Waals surface area contributed by atoms with Gasteiger partial charge in [-0.15, -0.1) is 0 Å².